The lowest BCUT2D eigenvalue weighted by Crippen LogP contribution is -2.04. The predicted molar refractivity (Wildman–Crippen MR) is 66.5 cm³/mol. The number of hydrogen-bond donors (Lipinski definition) is 1. The summed E-state index contributed by atoms with van der Waals surface area (Å²) < 4.78 is 5.15. The summed E-state index contributed by atoms with van der Waals surface area (Å²) in [4.78, 5) is 8.24. The van der Waals surface area contributed by atoms with Gasteiger partial charge < -0.3 is 10.1 Å². The molecule has 0 aliphatic rings. The van der Waals surface area contributed by atoms with Crippen molar-refractivity contribution in [3.8, 4) is 0 Å². The fourth-order valence-corrected chi connectivity index (χ4v) is 1.58. The predicted octanol–water partition coefficient (Wildman–Crippen LogP) is 2.24. The minimum atomic E-state index is 0.601. The first-order valence-electron chi connectivity index (χ1n) is 5.46. The van der Waals surface area contributed by atoms with Crippen LogP contribution < -0.4 is 5.32 Å². The molecule has 0 bridgehead atoms. The van der Waals surface area contributed by atoms with Gasteiger partial charge in [0.1, 0.15) is 0 Å². The van der Waals surface area contributed by atoms with Gasteiger partial charge in [0.25, 0.3) is 0 Å². The molecule has 17 heavy (non-hydrogen) atoms. The third kappa shape index (κ3) is 3.26. The van der Waals surface area contributed by atoms with Crippen LogP contribution in [0, 0.1) is 0 Å². The van der Waals surface area contributed by atoms with Crippen LogP contribution in [0.1, 0.15) is 11.3 Å². The molecule has 0 radical (unpaired) electrons. The lowest BCUT2D eigenvalue weighted by molar-refractivity contribution is 0.185. The molecule has 1 aromatic carbocycles. The maximum Gasteiger partial charge on any atom is 0.0777 e. The highest BCUT2D eigenvalue weighted by molar-refractivity contribution is 5.50. The molecular formula is C13H15N3O. The fraction of sp³-hybridized carbons (Fsp3) is 0.231. The van der Waals surface area contributed by atoms with E-state index in [0.29, 0.717) is 13.2 Å². The third-order valence-electron chi connectivity index (χ3n) is 2.39. The Balaban J connectivity index is 2.03. The van der Waals surface area contributed by atoms with Crippen molar-refractivity contribution in [2.24, 2.45) is 0 Å². The summed E-state index contributed by atoms with van der Waals surface area (Å²) in [6.07, 6.45) is 5.12. The van der Waals surface area contributed by atoms with E-state index in [2.05, 4.69) is 15.3 Å². The number of ether oxygens (including phenoxy) is 1. The van der Waals surface area contributed by atoms with Gasteiger partial charge in [0.15, 0.2) is 0 Å². The monoisotopic (exact) mass is 229 g/mol. The van der Waals surface area contributed by atoms with E-state index in [0.717, 1.165) is 16.9 Å². The van der Waals surface area contributed by atoms with E-state index in [4.69, 9.17) is 4.74 Å². The van der Waals surface area contributed by atoms with Crippen molar-refractivity contribution < 1.29 is 4.74 Å². The zero-order chi connectivity index (χ0) is 11.9. The fourth-order valence-electron chi connectivity index (χ4n) is 1.58. The van der Waals surface area contributed by atoms with E-state index >= 15 is 0 Å². The molecule has 1 N–H and O–H groups in total. The topological polar surface area (TPSA) is 47.0 Å². The summed E-state index contributed by atoms with van der Waals surface area (Å²) in [7, 11) is 1.69. The molecule has 1 aromatic heterocycles. The maximum atomic E-state index is 5.15. The molecule has 0 amide bonds. The standard InChI is InChI=1S/C13H15N3O/c1-17-10-11-4-2-3-5-13(11)16-9-12-8-14-6-7-15-12/h2-8,16H,9-10H2,1H3. The second-order valence-corrected chi connectivity index (χ2v) is 3.64. The first-order chi connectivity index (χ1) is 8.40. The summed E-state index contributed by atoms with van der Waals surface area (Å²) in [6.45, 7) is 1.26. The van der Waals surface area contributed by atoms with Crippen LogP contribution in [0.2, 0.25) is 0 Å². The Morgan fingerprint density at radius 1 is 1.24 bits per heavy atom. The highest BCUT2D eigenvalue weighted by Crippen LogP contribution is 2.16. The molecule has 0 saturated carbocycles. The van der Waals surface area contributed by atoms with Crippen LogP contribution in [0.5, 0.6) is 0 Å². The van der Waals surface area contributed by atoms with Gasteiger partial charge in [-0.3, -0.25) is 9.97 Å². The van der Waals surface area contributed by atoms with Gasteiger partial charge in [-0.2, -0.15) is 0 Å². The number of rotatable bonds is 5. The first-order valence-corrected chi connectivity index (χ1v) is 5.46. The Bertz CT molecular complexity index is 459. The molecular weight excluding hydrogens is 214 g/mol. The SMILES string of the molecule is COCc1ccccc1NCc1cnccn1. The number of para-hydroxylation sites is 1. The van der Waals surface area contributed by atoms with Gasteiger partial charge in [-0.05, 0) is 6.07 Å². The third-order valence-corrected chi connectivity index (χ3v) is 2.39. The minimum absolute atomic E-state index is 0.601. The summed E-state index contributed by atoms with van der Waals surface area (Å²) in [5.74, 6) is 0. The zero-order valence-electron chi connectivity index (χ0n) is 9.76. The Hall–Kier alpha value is -1.94. The van der Waals surface area contributed by atoms with Crippen LogP contribution in [0.3, 0.4) is 0 Å². The largest absolute Gasteiger partial charge is 0.380 e. The van der Waals surface area contributed by atoms with Crippen LogP contribution in [0.25, 0.3) is 0 Å². The van der Waals surface area contributed by atoms with Gasteiger partial charge in [-0.15, -0.1) is 0 Å². The molecule has 0 atom stereocenters. The maximum absolute atomic E-state index is 5.15. The smallest absolute Gasteiger partial charge is 0.0777 e. The van der Waals surface area contributed by atoms with Gasteiger partial charge in [-0.25, -0.2) is 0 Å². The lowest BCUT2D eigenvalue weighted by Gasteiger charge is -2.10. The Morgan fingerprint density at radius 3 is 2.88 bits per heavy atom. The molecule has 88 valence electrons. The molecule has 0 fully saturated rings. The Labute approximate surface area is 101 Å². The van der Waals surface area contributed by atoms with Crippen LogP contribution in [-0.4, -0.2) is 17.1 Å². The summed E-state index contributed by atoms with van der Waals surface area (Å²) >= 11 is 0. The van der Waals surface area contributed by atoms with Gasteiger partial charge >= 0.3 is 0 Å². The van der Waals surface area contributed by atoms with Crippen molar-refractivity contribution in [2.75, 3.05) is 12.4 Å². The first kappa shape index (κ1) is 11.5. The number of anilines is 1. The van der Waals surface area contributed by atoms with Crippen molar-refractivity contribution in [3.05, 3.63) is 54.1 Å². The van der Waals surface area contributed by atoms with Gasteiger partial charge in [0.05, 0.1) is 25.0 Å². The van der Waals surface area contributed by atoms with Crippen molar-refractivity contribution in [3.63, 3.8) is 0 Å². The molecule has 4 heteroatoms. The Kier molecular flexibility index (Phi) is 4.05. The number of nitrogens with one attached hydrogen (secondary N) is 1. The summed E-state index contributed by atoms with van der Waals surface area (Å²) in [6, 6.07) is 8.08. The van der Waals surface area contributed by atoms with Crippen molar-refractivity contribution in [1.82, 2.24) is 9.97 Å². The molecule has 0 unspecified atom stereocenters. The van der Waals surface area contributed by atoms with Crippen LogP contribution >= 0.6 is 0 Å². The number of benzene rings is 1. The normalized spacial score (nSPS) is 10.2. The molecule has 2 rings (SSSR count). The quantitative estimate of drug-likeness (QED) is 0.854. The van der Waals surface area contributed by atoms with Crippen LogP contribution in [-0.2, 0) is 17.9 Å². The lowest BCUT2D eigenvalue weighted by atomic mass is 10.2. The van der Waals surface area contributed by atoms with Crippen LogP contribution in [0.4, 0.5) is 5.69 Å². The van der Waals surface area contributed by atoms with Crippen molar-refractivity contribution in [2.45, 2.75) is 13.2 Å². The van der Waals surface area contributed by atoms with E-state index in [9.17, 15) is 0 Å². The van der Waals surface area contributed by atoms with Gasteiger partial charge in [0.2, 0.25) is 0 Å². The van der Waals surface area contributed by atoms with E-state index in [1.54, 1.807) is 25.7 Å². The van der Waals surface area contributed by atoms with Crippen molar-refractivity contribution in [1.29, 1.82) is 0 Å². The average Bonchev–Trinajstić information content (AvgIpc) is 2.39. The zero-order valence-corrected chi connectivity index (χ0v) is 9.76. The summed E-state index contributed by atoms with van der Waals surface area (Å²) in [5, 5.41) is 3.33. The molecule has 0 spiro atoms. The molecule has 0 saturated heterocycles. The molecule has 2 aromatic rings. The number of methoxy groups -OCH3 is 1. The molecule has 4 nitrogen and oxygen atoms in total. The molecule has 0 aliphatic carbocycles. The summed E-state index contributed by atoms with van der Waals surface area (Å²) in [5.41, 5.74) is 3.12. The van der Waals surface area contributed by atoms with E-state index in [1.165, 1.54) is 0 Å². The number of hydrogen-bond acceptors (Lipinski definition) is 4. The Morgan fingerprint density at radius 2 is 2.12 bits per heavy atom. The highest BCUT2D eigenvalue weighted by atomic mass is 16.5. The van der Waals surface area contributed by atoms with Gasteiger partial charge in [0, 0.05) is 30.8 Å². The van der Waals surface area contributed by atoms with Crippen LogP contribution in [0.15, 0.2) is 42.9 Å². The minimum Gasteiger partial charge on any atom is -0.380 e. The molecule has 0 aliphatic heterocycles. The van der Waals surface area contributed by atoms with E-state index in [1.807, 2.05) is 24.3 Å². The molecule has 1 heterocycles. The highest BCUT2D eigenvalue weighted by Gasteiger charge is 2.01. The number of nitrogens with zero attached hydrogens (tertiary/aromatic N) is 2. The van der Waals surface area contributed by atoms with E-state index in [-0.39, 0.29) is 0 Å². The average molecular weight is 229 g/mol. The second-order valence-electron chi connectivity index (χ2n) is 3.64. The second kappa shape index (κ2) is 5.96. The van der Waals surface area contributed by atoms with Gasteiger partial charge in [-0.1, -0.05) is 18.2 Å². The number of aromatic nitrogens is 2. The van der Waals surface area contributed by atoms with E-state index < -0.39 is 0 Å². The van der Waals surface area contributed by atoms with Crippen molar-refractivity contribution >= 4 is 5.69 Å².